The first kappa shape index (κ1) is 15.6. The lowest BCUT2D eigenvalue weighted by molar-refractivity contribution is -0.118. The molecule has 1 atom stereocenters. The first-order valence-corrected chi connectivity index (χ1v) is 7.63. The Hall–Kier alpha value is -0.780. The standard InChI is InChI=1S/C15H19BrFNO2/c1-10(19)14(9-18-12-4-6-20-7-5-12)13-3-2-11(16)8-15(13)17/h2-3,8,12,14,18H,4-7,9H2,1H3/t14-/m0/s1. The van der Waals surface area contributed by atoms with Gasteiger partial charge < -0.3 is 10.1 Å². The molecule has 1 aliphatic heterocycles. The molecule has 0 bridgehead atoms. The lowest BCUT2D eigenvalue weighted by atomic mass is 9.94. The zero-order valence-corrected chi connectivity index (χ0v) is 13.1. The number of rotatable bonds is 5. The second-order valence-electron chi connectivity index (χ2n) is 5.12. The van der Waals surface area contributed by atoms with Gasteiger partial charge >= 0.3 is 0 Å². The highest BCUT2D eigenvalue weighted by Crippen LogP contribution is 2.23. The molecule has 0 unspecified atom stereocenters. The monoisotopic (exact) mass is 343 g/mol. The molecule has 0 spiro atoms. The summed E-state index contributed by atoms with van der Waals surface area (Å²) in [4.78, 5) is 11.8. The molecule has 1 saturated heterocycles. The third-order valence-corrected chi connectivity index (χ3v) is 4.15. The average molecular weight is 344 g/mol. The maximum Gasteiger partial charge on any atom is 0.138 e. The van der Waals surface area contributed by atoms with Crippen LogP contribution in [-0.4, -0.2) is 31.6 Å². The quantitative estimate of drug-likeness (QED) is 0.892. The molecule has 1 heterocycles. The summed E-state index contributed by atoms with van der Waals surface area (Å²) in [5.74, 6) is -0.801. The molecule has 110 valence electrons. The highest BCUT2D eigenvalue weighted by Gasteiger charge is 2.22. The van der Waals surface area contributed by atoms with Crippen molar-refractivity contribution in [3.05, 3.63) is 34.1 Å². The Bertz CT molecular complexity index is 475. The van der Waals surface area contributed by atoms with Crippen LogP contribution in [0.3, 0.4) is 0 Å². The van der Waals surface area contributed by atoms with E-state index in [4.69, 9.17) is 4.74 Å². The van der Waals surface area contributed by atoms with E-state index < -0.39 is 5.92 Å². The van der Waals surface area contributed by atoms with Gasteiger partial charge in [0.15, 0.2) is 0 Å². The van der Waals surface area contributed by atoms with Crippen LogP contribution in [0.25, 0.3) is 0 Å². The van der Waals surface area contributed by atoms with Gasteiger partial charge in [0.2, 0.25) is 0 Å². The number of ketones is 1. The fourth-order valence-electron chi connectivity index (χ4n) is 2.44. The van der Waals surface area contributed by atoms with Crippen LogP contribution in [0.15, 0.2) is 22.7 Å². The predicted molar refractivity (Wildman–Crippen MR) is 79.4 cm³/mol. The topological polar surface area (TPSA) is 38.3 Å². The zero-order valence-electron chi connectivity index (χ0n) is 11.5. The van der Waals surface area contributed by atoms with E-state index in [0.29, 0.717) is 22.6 Å². The molecule has 20 heavy (non-hydrogen) atoms. The normalized spacial score (nSPS) is 17.9. The molecule has 1 fully saturated rings. The molecule has 3 nitrogen and oxygen atoms in total. The van der Waals surface area contributed by atoms with Gasteiger partial charge in [-0.15, -0.1) is 0 Å². The number of hydrogen-bond donors (Lipinski definition) is 1. The highest BCUT2D eigenvalue weighted by atomic mass is 79.9. The average Bonchev–Trinajstić information content (AvgIpc) is 2.42. The minimum absolute atomic E-state index is 0.0224. The van der Waals surface area contributed by atoms with Crippen molar-refractivity contribution in [1.82, 2.24) is 5.32 Å². The van der Waals surface area contributed by atoms with Gasteiger partial charge in [-0.25, -0.2) is 4.39 Å². The fourth-order valence-corrected chi connectivity index (χ4v) is 2.78. The molecule has 0 radical (unpaired) electrons. The molecular formula is C15H19BrFNO2. The molecule has 0 amide bonds. The lowest BCUT2D eigenvalue weighted by Crippen LogP contribution is -2.38. The van der Waals surface area contributed by atoms with Crippen molar-refractivity contribution in [2.24, 2.45) is 0 Å². The summed E-state index contributed by atoms with van der Waals surface area (Å²) >= 11 is 3.23. The molecule has 1 N–H and O–H groups in total. The van der Waals surface area contributed by atoms with E-state index in [2.05, 4.69) is 21.2 Å². The Morgan fingerprint density at radius 2 is 2.20 bits per heavy atom. The Balaban J connectivity index is 2.04. The van der Waals surface area contributed by atoms with E-state index in [1.54, 1.807) is 12.1 Å². The van der Waals surface area contributed by atoms with Crippen LogP contribution in [0.2, 0.25) is 0 Å². The van der Waals surface area contributed by atoms with Gasteiger partial charge in [0.1, 0.15) is 11.6 Å². The molecule has 2 rings (SSSR count). The number of nitrogens with one attached hydrogen (secondary N) is 1. The SMILES string of the molecule is CC(=O)[C@H](CNC1CCOCC1)c1ccc(Br)cc1F. The molecule has 1 aromatic rings. The van der Waals surface area contributed by atoms with Gasteiger partial charge in [-0.3, -0.25) is 4.79 Å². The second-order valence-corrected chi connectivity index (χ2v) is 6.04. The summed E-state index contributed by atoms with van der Waals surface area (Å²) in [5, 5.41) is 3.36. The van der Waals surface area contributed by atoms with Crippen LogP contribution in [0.1, 0.15) is 31.2 Å². The second kappa shape index (κ2) is 7.29. The number of Topliss-reactive ketones (excluding diaryl/α,β-unsaturated/α-hetero) is 1. The molecule has 0 aromatic heterocycles. The molecule has 0 saturated carbocycles. The van der Waals surface area contributed by atoms with Crippen molar-refractivity contribution in [3.8, 4) is 0 Å². The lowest BCUT2D eigenvalue weighted by Gasteiger charge is -2.25. The van der Waals surface area contributed by atoms with Crippen molar-refractivity contribution in [3.63, 3.8) is 0 Å². The smallest absolute Gasteiger partial charge is 0.138 e. The van der Waals surface area contributed by atoms with Crippen LogP contribution in [0.4, 0.5) is 4.39 Å². The zero-order chi connectivity index (χ0) is 14.5. The van der Waals surface area contributed by atoms with E-state index in [0.717, 1.165) is 26.1 Å². The van der Waals surface area contributed by atoms with E-state index in [9.17, 15) is 9.18 Å². The third-order valence-electron chi connectivity index (χ3n) is 3.66. The van der Waals surface area contributed by atoms with Crippen LogP contribution in [0.5, 0.6) is 0 Å². The predicted octanol–water partition coefficient (Wildman–Crippen LogP) is 3.03. The largest absolute Gasteiger partial charge is 0.381 e. The molecule has 0 aliphatic carbocycles. The van der Waals surface area contributed by atoms with E-state index in [1.165, 1.54) is 13.0 Å². The Morgan fingerprint density at radius 3 is 2.80 bits per heavy atom. The summed E-state index contributed by atoms with van der Waals surface area (Å²) in [7, 11) is 0. The summed E-state index contributed by atoms with van der Waals surface area (Å²) in [6, 6.07) is 5.20. The van der Waals surface area contributed by atoms with Crippen molar-refractivity contribution in [1.29, 1.82) is 0 Å². The van der Waals surface area contributed by atoms with E-state index in [-0.39, 0.29) is 11.6 Å². The number of halogens is 2. The van der Waals surface area contributed by atoms with Crippen molar-refractivity contribution in [2.75, 3.05) is 19.8 Å². The Labute approximate surface area is 127 Å². The molecule has 1 aromatic carbocycles. The Kier molecular flexibility index (Phi) is 5.69. The first-order valence-electron chi connectivity index (χ1n) is 6.84. The van der Waals surface area contributed by atoms with Crippen molar-refractivity contribution < 1.29 is 13.9 Å². The maximum atomic E-state index is 14.0. The summed E-state index contributed by atoms with van der Waals surface area (Å²) < 4.78 is 20.0. The number of carbonyl (C=O) groups is 1. The first-order chi connectivity index (χ1) is 9.58. The Morgan fingerprint density at radius 1 is 1.50 bits per heavy atom. The van der Waals surface area contributed by atoms with Crippen LogP contribution < -0.4 is 5.32 Å². The minimum Gasteiger partial charge on any atom is -0.381 e. The van der Waals surface area contributed by atoms with Crippen molar-refractivity contribution >= 4 is 21.7 Å². The number of ether oxygens (including phenoxy) is 1. The van der Waals surface area contributed by atoms with Crippen LogP contribution >= 0.6 is 15.9 Å². The van der Waals surface area contributed by atoms with E-state index in [1.807, 2.05) is 0 Å². The summed E-state index contributed by atoms with van der Waals surface area (Å²) in [6.45, 7) is 3.47. The summed E-state index contributed by atoms with van der Waals surface area (Å²) in [6.07, 6.45) is 1.88. The van der Waals surface area contributed by atoms with Gasteiger partial charge in [0, 0.05) is 30.3 Å². The maximum absolute atomic E-state index is 14.0. The van der Waals surface area contributed by atoms with Gasteiger partial charge in [-0.1, -0.05) is 22.0 Å². The van der Waals surface area contributed by atoms with Crippen LogP contribution in [-0.2, 0) is 9.53 Å². The van der Waals surface area contributed by atoms with E-state index >= 15 is 0 Å². The third kappa shape index (κ3) is 4.11. The number of carbonyl (C=O) groups excluding carboxylic acids is 1. The minimum atomic E-state index is -0.439. The number of hydrogen-bond acceptors (Lipinski definition) is 3. The van der Waals surface area contributed by atoms with Crippen LogP contribution in [0, 0.1) is 5.82 Å². The van der Waals surface area contributed by atoms with Crippen molar-refractivity contribution in [2.45, 2.75) is 31.7 Å². The molecular weight excluding hydrogens is 325 g/mol. The molecule has 1 aliphatic rings. The van der Waals surface area contributed by atoms with Gasteiger partial charge in [0.05, 0.1) is 5.92 Å². The molecule has 5 heteroatoms. The van der Waals surface area contributed by atoms with Gasteiger partial charge in [0.25, 0.3) is 0 Å². The highest BCUT2D eigenvalue weighted by molar-refractivity contribution is 9.10. The fraction of sp³-hybridized carbons (Fsp3) is 0.533. The van der Waals surface area contributed by atoms with Gasteiger partial charge in [-0.2, -0.15) is 0 Å². The van der Waals surface area contributed by atoms with Gasteiger partial charge in [-0.05, 0) is 37.5 Å². The number of benzene rings is 1. The summed E-state index contributed by atoms with van der Waals surface area (Å²) in [5.41, 5.74) is 0.459.